The Morgan fingerprint density at radius 2 is 1.67 bits per heavy atom. The van der Waals surface area contributed by atoms with Crippen LogP contribution in [0, 0.1) is 40.4 Å². The first-order valence-corrected chi connectivity index (χ1v) is 13.4. The lowest BCUT2D eigenvalue weighted by Gasteiger charge is -2.54. The van der Waals surface area contributed by atoms with E-state index in [2.05, 4.69) is 34.6 Å². The molecule has 0 spiro atoms. The highest BCUT2D eigenvalue weighted by atomic mass is 16.5. The Morgan fingerprint density at radius 3 is 2.30 bits per heavy atom. The van der Waals surface area contributed by atoms with Gasteiger partial charge < -0.3 is 4.74 Å². The number of carbonyl (C=O) groups excluding carboxylic acids is 1. The third-order valence-electron chi connectivity index (χ3n) is 10.0. The molecule has 0 N–H and O–H groups in total. The molecule has 3 fully saturated rings. The van der Waals surface area contributed by atoms with Crippen molar-refractivity contribution in [3.05, 3.63) is 0 Å². The van der Waals surface area contributed by atoms with Gasteiger partial charge in [0.15, 0.2) is 0 Å². The van der Waals surface area contributed by atoms with Crippen LogP contribution < -0.4 is 0 Å². The van der Waals surface area contributed by atoms with Gasteiger partial charge in [-0.3, -0.25) is 4.79 Å². The summed E-state index contributed by atoms with van der Waals surface area (Å²) >= 11 is 0. The molecule has 0 saturated heterocycles. The molecule has 0 amide bonds. The van der Waals surface area contributed by atoms with Crippen LogP contribution in [0.25, 0.3) is 0 Å². The van der Waals surface area contributed by atoms with Crippen molar-refractivity contribution in [3.63, 3.8) is 0 Å². The largest absolute Gasteiger partial charge is 0.462 e. The summed E-state index contributed by atoms with van der Waals surface area (Å²) in [7, 11) is 0. The topological polar surface area (TPSA) is 26.3 Å². The van der Waals surface area contributed by atoms with Crippen LogP contribution in [0.3, 0.4) is 0 Å². The zero-order valence-corrected chi connectivity index (χ0v) is 21.0. The maximum Gasteiger partial charge on any atom is 0.305 e. The lowest BCUT2D eigenvalue weighted by molar-refractivity contribution is -0.152. The Bertz CT molecular complexity index is 559. The quantitative estimate of drug-likeness (QED) is 0.293. The van der Waals surface area contributed by atoms with E-state index in [4.69, 9.17) is 4.74 Å². The molecule has 0 aliphatic heterocycles. The maximum absolute atomic E-state index is 11.7. The van der Waals surface area contributed by atoms with Crippen molar-refractivity contribution in [1.29, 1.82) is 0 Å². The molecule has 0 aromatic carbocycles. The summed E-state index contributed by atoms with van der Waals surface area (Å²) in [5.41, 5.74) is 1.04. The minimum absolute atomic E-state index is 0.0178. The standard InChI is InChI=1S/C28H50O2/c1-7-26(29)30-23-14-17-27(5,18-15-23)24-16-19-28(6)22(11-9-8-10-20(2)3)12-13-25(28)21(24)4/h20-25H,7-19H2,1-6H3. The molecule has 2 nitrogen and oxygen atoms in total. The summed E-state index contributed by atoms with van der Waals surface area (Å²) in [4.78, 5) is 11.7. The number of esters is 1. The van der Waals surface area contributed by atoms with E-state index in [1.807, 2.05) is 6.92 Å². The molecule has 0 heterocycles. The van der Waals surface area contributed by atoms with Crippen LogP contribution in [-0.2, 0) is 9.53 Å². The normalized spacial score (nSPS) is 41.6. The lowest BCUT2D eigenvalue weighted by Crippen LogP contribution is -2.47. The molecule has 0 bridgehead atoms. The van der Waals surface area contributed by atoms with E-state index in [1.54, 1.807) is 0 Å². The first kappa shape index (κ1) is 24.1. The predicted molar refractivity (Wildman–Crippen MR) is 126 cm³/mol. The SMILES string of the molecule is CCC(=O)OC1CCC(C)(C2CCC3(C)C(CCCCC(C)C)CCC3C2C)CC1. The molecule has 3 rings (SSSR count). The van der Waals surface area contributed by atoms with Gasteiger partial charge in [-0.25, -0.2) is 0 Å². The van der Waals surface area contributed by atoms with Gasteiger partial charge in [0.05, 0.1) is 0 Å². The Morgan fingerprint density at radius 1 is 0.967 bits per heavy atom. The van der Waals surface area contributed by atoms with Crippen molar-refractivity contribution < 1.29 is 9.53 Å². The van der Waals surface area contributed by atoms with Crippen LogP contribution in [0.15, 0.2) is 0 Å². The fourth-order valence-corrected chi connectivity index (χ4v) is 8.01. The molecular formula is C28H50O2. The van der Waals surface area contributed by atoms with Gasteiger partial charge in [-0.15, -0.1) is 0 Å². The molecule has 2 heteroatoms. The molecule has 3 aliphatic carbocycles. The number of fused-ring (bicyclic) bond motifs is 1. The maximum atomic E-state index is 11.7. The smallest absolute Gasteiger partial charge is 0.305 e. The first-order chi connectivity index (χ1) is 14.2. The van der Waals surface area contributed by atoms with Gasteiger partial charge in [-0.05, 0) is 98.2 Å². The zero-order valence-electron chi connectivity index (χ0n) is 21.0. The van der Waals surface area contributed by atoms with Gasteiger partial charge in [0.2, 0.25) is 0 Å². The molecule has 0 aromatic rings. The lowest BCUT2D eigenvalue weighted by atomic mass is 9.51. The number of hydrogen-bond donors (Lipinski definition) is 0. The minimum Gasteiger partial charge on any atom is -0.462 e. The van der Waals surface area contributed by atoms with Crippen molar-refractivity contribution in [2.45, 2.75) is 131 Å². The summed E-state index contributed by atoms with van der Waals surface area (Å²) < 4.78 is 5.67. The van der Waals surface area contributed by atoms with Crippen molar-refractivity contribution in [1.82, 2.24) is 0 Å². The Kier molecular flexibility index (Phi) is 8.00. The Labute approximate surface area is 187 Å². The highest BCUT2D eigenvalue weighted by Crippen LogP contribution is 2.63. The van der Waals surface area contributed by atoms with Crippen molar-refractivity contribution in [3.8, 4) is 0 Å². The first-order valence-electron chi connectivity index (χ1n) is 13.4. The van der Waals surface area contributed by atoms with Gasteiger partial charge in [0.25, 0.3) is 0 Å². The van der Waals surface area contributed by atoms with Crippen LogP contribution in [-0.4, -0.2) is 12.1 Å². The van der Waals surface area contributed by atoms with Crippen LogP contribution in [0.5, 0.6) is 0 Å². The Hall–Kier alpha value is -0.530. The molecule has 3 aliphatic rings. The number of unbranched alkanes of at least 4 members (excludes halogenated alkanes) is 1. The molecule has 3 saturated carbocycles. The average molecular weight is 419 g/mol. The van der Waals surface area contributed by atoms with E-state index in [-0.39, 0.29) is 12.1 Å². The second-order valence-corrected chi connectivity index (χ2v) is 12.3. The van der Waals surface area contributed by atoms with Crippen LogP contribution >= 0.6 is 0 Å². The number of hydrogen-bond acceptors (Lipinski definition) is 2. The number of rotatable bonds is 8. The van der Waals surface area contributed by atoms with E-state index >= 15 is 0 Å². The summed E-state index contributed by atoms with van der Waals surface area (Å²) in [6, 6.07) is 0. The summed E-state index contributed by atoms with van der Waals surface area (Å²) in [5.74, 6) is 4.45. The van der Waals surface area contributed by atoms with Crippen molar-refractivity contribution in [2.75, 3.05) is 0 Å². The highest BCUT2D eigenvalue weighted by molar-refractivity contribution is 5.69. The van der Waals surface area contributed by atoms with Gasteiger partial charge in [0.1, 0.15) is 6.10 Å². The molecular weight excluding hydrogens is 368 g/mol. The van der Waals surface area contributed by atoms with Crippen molar-refractivity contribution in [2.24, 2.45) is 40.4 Å². The fourth-order valence-electron chi connectivity index (χ4n) is 8.01. The second kappa shape index (κ2) is 9.95. The fraction of sp³-hybridized carbons (Fsp3) is 0.964. The second-order valence-electron chi connectivity index (χ2n) is 12.3. The highest BCUT2D eigenvalue weighted by Gasteiger charge is 2.55. The van der Waals surface area contributed by atoms with E-state index in [9.17, 15) is 4.79 Å². The summed E-state index contributed by atoms with van der Waals surface area (Å²) in [6.45, 7) is 14.4. The minimum atomic E-state index is -0.0178. The van der Waals surface area contributed by atoms with Gasteiger partial charge in [-0.1, -0.05) is 60.8 Å². The van der Waals surface area contributed by atoms with Crippen molar-refractivity contribution >= 4 is 5.97 Å². The molecule has 30 heavy (non-hydrogen) atoms. The van der Waals surface area contributed by atoms with E-state index in [0.29, 0.717) is 17.3 Å². The zero-order chi connectivity index (χ0) is 21.9. The van der Waals surface area contributed by atoms with Gasteiger partial charge in [-0.2, -0.15) is 0 Å². The van der Waals surface area contributed by atoms with E-state index < -0.39 is 0 Å². The van der Waals surface area contributed by atoms with Crippen LogP contribution in [0.1, 0.15) is 125 Å². The third-order valence-corrected chi connectivity index (χ3v) is 10.0. The van der Waals surface area contributed by atoms with Gasteiger partial charge >= 0.3 is 5.97 Å². The van der Waals surface area contributed by atoms with E-state index in [0.717, 1.165) is 42.4 Å². The average Bonchev–Trinajstić information content (AvgIpc) is 3.04. The third kappa shape index (κ3) is 5.09. The number of carbonyl (C=O) groups is 1. The summed E-state index contributed by atoms with van der Waals surface area (Å²) in [5, 5.41) is 0. The summed E-state index contributed by atoms with van der Waals surface area (Å²) in [6.07, 6.45) is 16.9. The van der Waals surface area contributed by atoms with E-state index in [1.165, 1.54) is 64.2 Å². The monoisotopic (exact) mass is 418 g/mol. The molecule has 5 atom stereocenters. The molecule has 0 radical (unpaired) electrons. The van der Waals surface area contributed by atoms with Gasteiger partial charge in [0, 0.05) is 6.42 Å². The molecule has 5 unspecified atom stereocenters. The predicted octanol–water partition coefficient (Wildman–Crippen LogP) is 8.18. The van der Waals surface area contributed by atoms with Crippen LogP contribution in [0.4, 0.5) is 0 Å². The molecule has 0 aromatic heterocycles. The number of ether oxygens (including phenoxy) is 1. The van der Waals surface area contributed by atoms with Crippen LogP contribution in [0.2, 0.25) is 0 Å². The Balaban J connectivity index is 1.56. The molecule has 174 valence electrons.